The molecule has 2 aromatic carbocycles. The third-order valence-electron chi connectivity index (χ3n) is 3.72. The van der Waals surface area contributed by atoms with Crippen LogP contribution in [-0.4, -0.2) is 16.8 Å². The van der Waals surface area contributed by atoms with E-state index in [0.717, 1.165) is 29.0 Å². The average molecular weight is 370 g/mol. The molecule has 0 aliphatic carbocycles. The smallest absolute Gasteiger partial charge is 0.270 e. The van der Waals surface area contributed by atoms with Crippen molar-refractivity contribution < 1.29 is 9.53 Å². The summed E-state index contributed by atoms with van der Waals surface area (Å²) in [6.45, 7) is 4.71. The lowest BCUT2D eigenvalue weighted by Crippen LogP contribution is -2.27. The summed E-state index contributed by atoms with van der Waals surface area (Å²) < 4.78 is 6.32. The Bertz CT molecular complexity index is 845. The standard InChI is InChI=1S/C20H19NO2S2/c1-3-11-23-17-10-5-4-8-15(17)13-18-19(22)21(20(24)25-18)16-9-6-7-14(2)12-16/h4-10,12-13H,3,11H2,1-2H3/b18-13-. The fourth-order valence-corrected chi connectivity index (χ4v) is 3.83. The van der Waals surface area contributed by atoms with E-state index in [0.29, 0.717) is 15.8 Å². The van der Waals surface area contributed by atoms with Crippen LogP contribution in [0.4, 0.5) is 5.69 Å². The van der Waals surface area contributed by atoms with E-state index in [9.17, 15) is 4.79 Å². The van der Waals surface area contributed by atoms with Gasteiger partial charge in [0, 0.05) is 5.56 Å². The van der Waals surface area contributed by atoms with Gasteiger partial charge in [-0.1, -0.05) is 61.2 Å². The predicted octanol–water partition coefficient (Wildman–Crippen LogP) is 5.19. The number of amides is 1. The van der Waals surface area contributed by atoms with E-state index in [2.05, 4.69) is 6.92 Å². The lowest BCUT2D eigenvalue weighted by molar-refractivity contribution is -0.113. The van der Waals surface area contributed by atoms with Crippen LogP contribution >= 0.6 is 24.0 Å². The van der Waals surface area contributed by atoms with Crippen LogP contribution < -0.4 is 9.64 Å². The molecule has 25 heavy (non-hydrogen) atoms. The van der Waals surface area contributed by atoms with Crippen molar-refractivity contribution in [2.75, 3.05) is 11.5 Å². The van der Waals surface area contributed by atoms with Crippen molar-refractivity contribution in [3.05, 3.63) is 64.6 Å². The van der Waals surface area contributed by atoms with Crippen molar-refractivity contribution in [2.24, 2.45) is 0 Å². The summed E-state index contributed by atoms with van der Waals surface area (Å²) in [4.78, 5) is 15.1. The first kappa shape index (κ1) is 17.7. The fraction of sp³-hybridized carbons (Fsp3) is 0.200. The van der Waals surface area contributed by atoms with Crippen LogP contribution in [0.1, 0.15) is 24.5 Å². The minimum atomic E-state index is -0.0918. The van der Waals surface area contributed by atoms with Gasteiger partial charge in [-0.25, -0.2) is 0 Å². The molecule has 0 N–H and O–H groups in total. The van der Waals surface area contributed by atoms with Crippen LogP contribution in [0.15, 0.2) is 53.4 Å². The number of aryl methyl sites for hydroxylation is 1. The average Bonchev–Trinajstić information content (AvgIpc) is 2.88. The third kappa shape index (κ3) is 3.94. The number of para-hydroxylation sites is 1. The molecule has 3 rings (SSSR count). The van der Waals surface area contributed by atoms with E-state index in [1.807, 2.05) is 61.5 Å². The molecule has 0 radical (unpaired) electrons. The van der Waals surface area contributed by atoms with Gasteiger partial charge in [0.15, 0.2) is 4.32 Å². The second kappa shape index (κ2) is 7.85. The molecule has 5 heteroatoms. The lowest BCUT2D eigenvalue weighted by atomic mass is 10.1. The van der Waals surface area contributed by atoms with E-state index < -0.39 is 0 Å². The van der Waals surface area contributed by atoms with Crippen LogP contribution in [0.25, 0.3) is 6.08 Å². The maximum Gasteiger partial charge on any atom is 0.270 e. The first-order chi connectivity index (χ1) is 12.1. The Kier molecular flexibility index (Phi) is 5.56. The second-order valence-electron chi connectivity index (χ2n) is 5.74. The number of hydrogen-bond donors (Lipinski definition) is 0. The molecule has 128 valence electrons. The van der Waals surface area contributed by atoms with Gasteiger partial charge >= 0.3 is 0 Å². The zero-order valence-electron chi connectivity index (χ0n) is 14.2. The number of thioether (sulfide) groups is 1. The number of thiocarbonyl (C=S) groups is 1. The van der Waals surface area contributed by atoms with Gasteiger partial charge in [-0.3, -0.25) is 9.69 Å². The number of nitrogens with zero attached hydrogens (tertiary/aromatic N) is 1. The summed E-state index contributed by atoms with van der Waals surface area (Å²) in [5, 5.41) is 0. The predicted molar refractivity (Wildman–Crippen MR) is 109 cm³/mol. The summed E-state index contributed by atoms with van der Waals surface area (Å²) in [5.74, 6) is 0.691. The van der Waals surface area contributed by atoms with Crippen molar-refractivity contribution >= 4 is 46.0 Å². The summed E-state index contributed by atoms with van der Waals surface area (Å²) in [7, 11) is 0. The van der Waals surface area contributed by atoms with Gasteiger partial charge in [-0.15, -0.1) is 0 Å². The number of anilines is 1. The number of ether oxygens (including phenoxy) is 1. The van der Waals surface area contributed by atoms with Gasteiger partial charge in [0.1, 0.15) is 5.75 Å². The van der Waals surface area contributed by atoms with Crippen molar-refractivity contribution in [2.45, 2.75) is 20.3 Å². The Labute approximate surface area is 157 Å². The largest absolute Gasteiger partial charge is 0.493 e. The van der Waals surface area contributed by atoms with E-state index in [4.69, 9.17) is 17.0 Å². The zero-order chi connectivity index (χ0) is 17.8. The molecule has 1 heterocycles. The second-order valence-corrected chi connectivity index (χ2v) is 7.42. The summed E-state index contributed by atoms with van der Waals surface area (Å²) >= 11 is 6.76. The van der Waals surface area contributed by atoms with Crippen molar-refractivity contribution in [3.8, 4) is 5.75 Å². The molecule has 0 bridgehead atoms. The van der Waals surface area contributed by atoms with Gasteiger partial charge in [0.2, 0.25) is 0 Å². The Morgan fingerprint density at radius 2 is 2.00 bits per heavy atom. The molecule has 0 atom stereocenters. The van der Waals surface area contributed by atoms with Crippen LogP contribution in [0.3, 0.4) is 0 Å². The molecule has 0 saturated carbocycles. The molecule has 0 aromatic heterocycles. The Morgan fingerprint density at radius 3 is 2.76 bits per heavy atom. The first-order valence-corrected chi connectivity index (χ1v) is 9.39. The van der Waals surface area contributed by atoms with E-state index in [1.54, 1.807) is 4.90 Å². The molecule has 3 nitrogen and oxygen atoms in total. The highest BCUT2D eigenvalue weighted by Gasteiger charge is 2.33. The maximum atomic E-state index is 12.9. The van der Waals surface area contributed by atoms with Gasteiger partial charge in [0.05, 0.1) is 17.2 Å². The van der Waals surface area contributed by atoms with Gasteiger partial charge in [-0.05, 0) is 43.2 Å². The zero-order valence-corrected chi connectivity index (χ0v) is 15.8. The van der Waals surface area contributed by atoms with E-state index >= 15 is 0 Å². The Hall–Kier alpha value is -2.11. The highest BCUT2D eigenvalue weighted by molar-refractivity contribution is 8.27. The first-order valence-electron chi connectivity index (χ1n) is 8.16. The number of hydrogen-bond acceptors (Lipinski definition) is 4. The van der Waals surface area contributed by atoms with Crippen LogP contribution in [0.2, 0.25) is 0 Å². The molecule has 0 unspecified atom stereocenters. The molecule has 1 aliphatic rings. The maximum absolute atomic E-state index is 12.9. The van der Waals surface area contributed by atoms with Gasteiger partial charge < -0.3 is 4.74 Å². The van der Waals surface area contributed by atoms with E-state index in [1.165, 1.54) is 11.8 Å². The molecule has 0 spiro atoms. The van der Waals surface area contributed by atoms with Crippen molar-refractivity contribution in [3.63, 3.8) is 0 Å². The summed E-state index contributed by atoms with van der Waals surface area (Å²) in [6, 6.07) is 15.5. The number of rotatable bonds is 5. The van der Waals surface area contributed by atoms with Gasteiger partial charge in [-0.2, -0.15) is 0 Å². The van der Waals surface area contributed by atoms with Crippen LogP contribution in [0, 0.1) is 6.92 Å². The van der Waals surface area contributed by atoms with E-state index in [-0.39, 0.29) is 5.91 Å². The molecule has 1 aliphatic heterocycles. The molecule has 1 saturated heterocycles. The molecular formula is C20H19NO2S2. The normalized spacial score (nSPS) is 15.9. The monoisotopic (exact) mass is 369 g/mol. The highest BCUT2D eigenvalue weighted by Crippen LogP contribution is 2.37. The SMILES string of the molecule is CCCOc1ccccc1/C=C1\SC(=S)N(c2cccc(C)c2)C1=O. The number of carbonyl (C=O) groups excluding carboxylic acids is 1. The third-order valence-corrected chi connectivity index (χ3v) is 5.02. The lowest BCUT2D eigenvalue weighted by Gasteiger charge is -2.14. The molecule has 1 amide bonds. The van der Waals surface area contributed by atoms with Crippen LogP contribution in [-0.2, 0) is 4.79 Å². The minimum Gasteiger partial charge on any atom is -0.493 e. The van der Waals surface area contributed by atoms with Gasteiger partial charge in [0.25, 0.3) is 5.91 Å². The fourth-order valence-electron chi connectivity index (χ4n) is 2.54. The Morgan fingerprint density at radius 1 is 1.20 bits per heavy atom. The topological polar surface area (TPSA) is 29.5 Å². The van der Waals surface area contributed by atoms with Crippen LogP contribution in [0.5, 0.6) is 5.75 Å². The number of carbonyl (C=O) groups is 1. The molecular weight excluding hydrogens is 350 g/mol. The number of benzene rings is 2. The quantitative estimate of drug-likeness (QED) is 0.536. The highest BCUT2D eigenvalue weighted by atomic mass is 32.2. The van der Waals surface area contributed by atoms with Crippen molar-refractivity contribution in [1.29, 1.82) is 0 Å². The summed E-state index contributed by atoms with van der Waals surface area (Å²) in [6.07, 6.45) is 2.80. The summed E-state index contributed by atoms with van der Waals surface area (Å²) in [5.41, 5.74) is 2.79. The Balaban J connectivity index is 1.91. The molecule has 1 fully saturated rings. The minimum absolute atomic E-state index is 0.0918. The molecule has 2 aromatic rings. The van der Waals surface area contributed by atoms with Crippen molar-refractivity contribution in [1.82, 2.24) is 0 Å².